The lowest BCUT2D eigenvalue weighted by Crippen LogP contribution is -2.35. The van der Waals surface area contributed by atoms with Gasteiger partial charge in [0.1, 0.15) is 18.2 Å². The van der Waals surface area contributed by atoms with Gasteiger partial charge in [0, 0.05) is 43.4 Å². The molecule has 1 aliphatic carbocycles. The quantitative estimate of drug-likeness (QED) is 0.497. The third-order valence-corrected chi connectivity index (χ3v) is 6.15. The van der Waals surface area contributed by atoms with Gasteiger partial charge in [0.05, 0.1) is 9.92 Å². The van der Waals surface area contributed by atoms with Gasteiger partial charge >= 0.3 is 0 Å². The summed E-state index contributed by atoms with van der Waals surface area (Å²) in [5.74, 6) is -2.75. The van der Waals surface area contributed by atoms with E-state index in [2.05, 4.69) is 5.16 Å². The minimum atomic E-state index is -3.74. The molecule has 154 valence electrons. The lowest BCUT2D eigenvalue weighted by Gasteiger charge is -2.19. The van der Waals surface area contributed by atoms with Crippen LogP contribution in [0.25, 0.3) is 11.3 Å². The molecule has 10 heteroatoms. The summed E-state index contributed by atoms with van der Waals surface area (Å²) in [6.45, 7) is 0.0997. The summed E-state index contributed by atoms with van der Waals surface area (Å²) in [7, 11) is -2.29. The van der Waals surface area contributed by atoms with E-state index in [0.29, 0.717) is 12.2 Å². The Kier molecular flexibility index (Phi) is 6.02. The molecule has 0 aliphatic heterocycles. The van der Waals surface area contributed by atoms with Crippen molar-refractivity contribution >= 4 is 38.8 Å². The van der Waals surface area contributed by atoms with Gasteiger partial charge in [-0.05, 0) is 18.6 Å². The van der Waals surface area contributed by atoms with Gasteiger partial charge in [-0.15, -0.1) is 0 Å². The maximum Gasteiger partial charge on any atom is 0.182 e. The van der Waals surface area contributed by atoms with E-state index in [0.717, 1.165) is 6.26 Å². The molecule has 1 saturated carbocycles. The summed E-state index contributed by atoms with van der Waals surface area (Å²) in [5.41, 5.74) is -0.0424. The second-order valence-corrected chi connectivity index (χ2v) is 9.13. The SMILES string of the molecule is COCc1cc(-c2c(S(C)(=O)=O)ccc(C(=O)C3C(=O)CCCC3=O)c2Cl)no1. The maximum atomic E-state index is 13.0. The van der Waals surface area contributed by atoms with Gasteiger partial charge in [-0.3, -0.25) is 14.4 Å². The summed E-state index contributed by atoms with van der Waals surface area (Å²) in [4.78, 5) is 37.1. The number of methoxy groups -OCH3 is 1. The van der Waals surface area contributed by atoms with E-state index in [1.165, 1.54) is 25.3 Å². The Hall–Kier alpha value is -2.36. The standard InChI is InChI=1S/C19H18ClNO7S/c1-27-9-10-8-12(21-28-10)16-15(29(2,25)26)7-6-11(18(16)20)19(24)17-13(22)4-3-5-14(17)23/h6-8,17H,3-5,9H2,1-2H3. The summed E-state index contributed by atoms with van der Waals surface area (Å²) >= 11 is 6.43. The van der Waals surface area contributed by atoms with Crippen LogP contribution in [0.4, 0.5) is 0 Å². The smallest absolute Gasteiger partial charge is 0.182 e. The number of rotatable bonds is 6. The van der Waals surface area contributed by atoms with Crippen LogP contribution in [-0.4, -0.2) is 44.3 Å². The molecular weight excluding hydrogens is 422 g/mol. The van der Waals surface area contributed by atoms with E-state index in [4.69, 9.17) is 20.9 Å². The normalized spacial score (nSPS) is 15.7. The molecule has 1 heterocycles. The zero-order valence-corrected chi connectivity index (χ0v) is 17.3. The third-order valence-electron chi connectivity index (χ3n) is 4.62. The third kappa shape index (κ3) is 4.17. The fourth-order valence-electron chi connectivity index (χ4n) is 3.29. The van der Waals surface area contributed by atoms with Crippen molar-refractivity contribution in [3.63, 3.8) is 0 Å². The van der Waals surface area contributed by atoms with Crippen molar-refractivity contribution in [3.8, 4) is 11.3 Å². The van der Waals surface area contributed by atoms with Crippen LogP contribution in [0.15, 0.2) is 27.6 Å². The summed E-state index contributed by atoms with van der Waals surface area (Å²) in [5, 5.41) is 3.63. The van der Waals surface area contributed by atoms with Crippen LogP contribution in [-0.2, 0) is 30.8 Å². The first-order chi connectivity index (χ1) is 13.6. The molecule has 29 heavy (non-hydrogen) atoms. The minimum Gasteiger partial charge on any atom is -0.377 e. The van der Waals surface area contributed by atoms with Crippen molar-refractivity contribution in [2.75, 3.05) is 13.4 Å². The van der Waals surface area contributed by atoms with Crippen LogP contribution in [0, 0.1) is 5.92 Å². The molecule has 0 saturated heterocycles. The molecule has 1 aliphatic rings. The molecule has 1 fully saturated rings. The second kappa shape index (κ2) is 8.17. The van der Waals surface area contributed by atoms with Gasteiger partial charge < -0.3 is 9.26 Å². The number of ether oxygens (including phenoxy) is 1. The lowest BCUT2D eigenvalue weighted by molar-refractivity contribution is -0.133. The van der Waals surface area contributed by atoms with Crippen LogP contribution in [0.2, 0.25) is 5.02 Å². The highest BCUT2D eigenvalue weighted by molar-refractivity contribution is 7.90. The van der Waals surface area contributed by atoms with Gasteiger partial charge in [0.15, 0.2) is 32.9 Å². The molecule has 2 aromatic rings. The van der Waals surface area contributed by atoms with Crippen molar-refractivity contribution in [1.29, 1.82) is 0 Å². The van der Waals surface area contributed by atoms with Gasteiger partial charge in [-0.1, -0.05) is 16.8 Å². The number of hydrogen-bond donors (Lipinski definition) is 0. The Morgan fingerprint density at radius 3 is 2.52 bits per heavy atom. The van der Waals surface area contributed by atoms with Crippen LogP contribution in [0.1, 0.15) is 35.4 Å². The van der Waals surface area contributed by atoms with Crippen molar-refractivity contribution in [2.24, 2.45) is 5.92 Å². The topological polar surface area (TPSA) is 121 Å². The molecular formula is C19H18ClNO7S. The zero-order chi connectivity index (χ0) is 21.3. The zero-order valence-electron chi connectivity index (χ0n) is 15.7. The second-order valence-electron chi connectivity index (χ2n) is 6.77. The first kappa shape index (κ1) is 21.4. The summed E-state index contributed by atoms with van der Waals surface area (Å²) in [6.07, 6.45) is 1.68. The first-order valence-corrected chi connectivity index (χ1v) is 11.0. The Labute approximate surface area is 172 Å². The van der Waals surface area contributed by atoms with E-state index < -0.39 is 33.1 Å². The van der Waals surface area contributed by atoms with Gasteiger partial charge in [0.2, 0.25) is 0 Å². The van der Waals surface area contributed by atoms with E-state index >= 15 is 0 Å². The number of halogens is 1. The highest BCUT2D eigenvalue weighted by Crippen LogP contribution is 2.38. The predicted molar refractivity (Wildman–Crippen MR) is 102 cm³/mol. The van der Waals surface area contributed by atoms with Crippen LogP contribution in [0.3, 0.4) is 0 Å². The number of Topliss-reactive ketones (excluding diaryl/α,β-unsaturated/α-hetero) is 3. The van der Waals surface area contributed by atoms with Crippen LogP contribution < -0.4 is 0 Å². The molecule has 0 N–H and O–H groups in total. The predicted octanol–water partition coefficient (Wildman–Crippen LogP) is 2.67. The van der Waals surface area contributed by atoms with Crippen molar-refractivity contribution in [1.82, 2.24) is 5.16 Å². The first-order valence-electron chi connectivity index (χ1n) is 8.72. The number of carbonyl (C=O) groups excluding carboxylic acids is 3. The Morgan fingerprint density at radius 2 is 1.93 bits per heavy atom. The van der Waals surface area contributed by atoms with Gasteiger partial charge in [-0.25, -0.2) is 8.42 Å². The fourth-order valence-corrected chi connectivity index (χ4v) is 4.59. The molecule has 0 atom stereocenters. The molecule has 8 nitrogen and oxygen atoms in total. The highest BCUT2D eigenvalue weighted by atomic mass is 35.5. The van der Waals surface area contributed by atoms with Crippen molar-refractivity contribution in [2.45, 2.75) is 30.8 Å². The highest BCUT2D eigenvalue weighted by Gasteiger charge is 2.38. The van der Waals surface area contributed by atoms with E-state index in [9.17, 15) is 22.8 Å². The minimum absolute atomic E-state index is 0.0261. The monoisotopic (exact) mass is 439 g/mol. The number of benzene rings is 1. The molecule has 0 spiro atoms. The fraction of sp³-hybridized carbons (Fsp3) is 0.368. The van der Waals surface area contributed by atoms with E-state index in [1.807, 2.05) is 0 Å². The molecule has 0 radical (unpaired) electrons. The van der Waals surface area contributed by atoms with Crippen molar-refractivity contribution < 1.29 is 32.1 Å². The number of ketones is 3. The Morgan fingerprint density at radius 1 is 1.28 bits per heavy atom. The lowest BCUT2D eigenvalue weighted by atomic mass is 9.81. The van der Waals surface area contributed by atoms with Crippen LogP contribution >= 0.6 is 11.6 Å². The summed E-state index contributed by atoms with van der Waals surface area (Å²) < 4.78 is 34.6. The van der Waals surface area contributed by atoms with Crippen molar-refractivity contribution in [3.05, 3.63) is 34.5 Å². The van der Waals surface area contributed by atoms with E-state index in [-0.39, 0.29) is 46.2 Å². The van der Waals surface area contributed by atoms with E-state index in [1.54, 1.807) is 0 Å². The maximum absolute atomic E-state index is 13.0. The molecule has 3 rings (SSSR count). The number of sulfone groups is 1. The summed E-state index contributed by atoms with van der Waals surface area (Å²) in [6, 6.07) is 3.88. The van der Waals surface area contributed by atoms with Gasteiger partial charge in [-0.2, -0.15) is 0 Å². The number of nitrogens with zero attached hydrogens (tertiary/aromatic N) is 1. The van der Waals surface area contributed by atoms with Crippen LogP contribution in [0.5, 0.6) is 0 Å². The Balaban J connectivity index is 2.17. The molecule has 1 aromatic heterocycles. The number of carbonyl (C=O) groups is 3. The number of aromatic nitrogens is 1. The Bertz CT molecular complexity index is 1090. The average Bonchev–Trinajstić information content (AvgIpc) is 3.08. The largest absolute Gasteiger partial charge is 0.377 e. The van der Waals surface area contributed by atoms with Gasteiger partial charge in [0.25, 0.3) is 0 Å². The molecule has 1 aromatic carbocycles. The molecule has 0 amide bonds. The molecule has 0 unspecified atom stereocenters. The molecule has 0 bridgehead atoms. The average molecular weight is 440 g/mol. The number of hydrogen-bond acceptors (Lipinski definition) is 8.